The number of benzene rings is 2. The van der Waals surface area contributed by atoms with Gasteiger partial charge in [-0.15, -0.1) is 0 Å². The van der Waals surface area contributed by atoms with E-state index in [1.807, 2.05) is 24.3 Å². The van der Waals surface area contributed by atoms with Crippen molar-refractivity contribution >= 4 is 17.8 Å². The van der Waals surface area contributed by atoms with Crippen molar-refractivity contribution in [3.05, 3.63) is 59.7 Å². The minimum absolute atomic E-state index is 0.0000252. The monoisotopic (exact) mass is 480 g/mol. The zero-order valence-electron chi connectivity index (χ0n) is 20.4. The normalized spacial score (nSPS) is 21.1. The number of nitrogens with one attached hydrogen (secondary N) is 2. The quantitative estimate of drug-likeness (QED) is 0.535. The Morgan fingerprint density at radius 1 is 1.00 bits per heavy atom. The average Bonchev–Trinajstić information content (AvgIpc) is 3.48. The van der Waals surface area contributed by atoms with Crippen LogP contribution in [0, 0.1) is 0 Å². The van der Waals surface area contributed by atoms with Gasteiger partial charge in [0.1, 0.15) is 23.6 Å². The molecule has 0 bridgehead atoms. The van der Waals surface area contributed by atoms with Crippen molar-refractivity contribution in [1.29, 1.82) is 0 Å². The molecular weight excluding hydrogens is 448 g/mol. The van der Waals surface area contributed by atoms with Gasteiger partial charge in [-0.2, -0.15) is 0 Å². The van der Waals surface area contributed by atoms with Crippen molar-refractivity contribution in [2.24, 2.45) is 0 Å². The van der Waals surface area contributed by atoms with Crippen LogP contribution in [-0.2, 0) is 15.1 Å². The second-order valence-corrected chi connectivity index (χ2v) is 9.01. The Morgan fingerprint density at radius 3 is 2.14 bits per heavy atom. The number of hydrogen-bond donors (Lipinski definition) is 2. The number of carbonyl (C=O) groups excluding carboxylic acids is 3. The van der Waals surface area contributed by atoms with E-state index in [0.717, 1.165) is 42.1 Å². The molecular formula is C26H32N4O5. The topological polar surface area (TPSA) is 100 Å². The van der Waals surface area contributed by atoms with E-state index in [-0.39, 0.29) is 18.5 Å². The van der Waals surface area contributed by atoms with E-state index < -0.39 is 17.5 Å². The summed E-state index contributed by atoms with van der Waals surface area (Å²) in [5, 5.41) is 5.67. The molecule has 0 aliphatic carbocycles. The molecule has 2 unspecified atom stereocenters. The first-order valence-corrected chi connectivity index (χ1v) is 11.8. The number of ether oxygens (including phenoxy) is 2. The number of nitrogens with zero attached hydrogens (tertiary/aromatic N) is 2. The van der Waals surface area contributed by atoms with Crippen LogP contribution >= 0.6 is 0 Å². The van der Waals surface area contributed by atoms with Crippen molar-refractivity contribution in [2.45, 2.75) is 31.3 Å². The first-order chi connectivity index (χ1) is 16.9. The van der Waals surface area contributed by atoms with Crippen LogP contribution < -0.4 is 20.1 Å². The lowest BCUT2D eigenvalue weighted by molar-refractivity contribution is -0.134. The van der Waals surface area contributed by atoms with E-state index in [1.54, 1.807) is 45.4 Å². The highest BCUT2D eigenvalue weighted by atomic mass is 16.5. The molecule has 9 nitrogen and oxygen atoms in total. The molecule has 4 rings (SSSR count). The van der Waals surface area contributed by atoms with Crippen LogP contribution in [-0.4, -0.2) is 68.0 Å². The number of carbonyl (C=O) groups is 3. The Morgan fingerprint density at radius 2 is 1.57 bits per heavy atom. The van der Waals surface area contributed by atoms with Gasteiger partial charge in [0.15, 0.2) is 0 Å². The third-order valence-electron chi connectivity index (χ3n) is 6.82. The summed E-state index contributed by atoms with van der Waals surface area (Å²) in [6.45, 7) is 3.59. The summed E-state index contributed by atoms with van der Waals surface area (Å²) in [6.07, 6.45) is 2.24. The molecule has 186 valence electrons. The molecule has 0 radical (unpaired) electrons. The molecule has 0 saturated carbocycles. The van der Waals surface area contributed by atoms with Gasteiger partial charge in [-0.1, -0.05) is 24.3 Å². The summed E-state index contributed by atoms with van der Waals surface area (Å²) >= 11 is 0. The van der Waals surface area contributed by atoms with Gasteiger partial charge in [-0.3, -0.25) is 19.4 Å². The molecule has 2 aliphatic rings. The first-order valence-electron chi connectivity index (χ1n) is 11.8. The number of rotatable bonds is 9. The van der Waals surface area contributed by atoms with Crippen molar-refractivity contribution in [3.63, 3.8) is 0 Å². The molecule has 0 aromatic heterocycles. The Hall–Kier alpha value is -3.59. The van der Waals surface area contributed by atoms with E-state index in [0.29, 0.717) is 17.9 Å². The lowest BCUT2D eigenvalue weighted by atomic mass is 9.92. The molecule has 2 aliphatic heterocycles. The molecule has 4 amide bonds. The summed E-state index contributed by atoms with van der Waals surface area (Å²) in [5.74, 6) is 0.574. The van der Waals surface area contributed by atoms with Gasteiger partial charge in [-0.25, -0.2) is 4.79 Å². The van der Waals surface area contributed by atoms with Crippen molar-refractivity contribution in [3.8, 4) is 11.5 Å². The van der Waals surface area contributed by atoms with Gasteiger partial charge in [0.2, 0.25) is 5.91 Å². The third kappa shape index (κ3) is 5.09. The highest BCUT2D eigenvalue weighted by molar-refractivity contribution is 6.09. The number of methoxy groups -OCH3 is 2. The highest BCUT2D eigenvalue weighted by Crippen LogP contribution is 2.30. The highest BCUT2D eigenvalue weighted by Gasteiger charge is 2.49. The number of amides is 4. The largest absolute Gasteiger partial charge is 0.497 e. The fourth-order valence-corrected chi connectivity index (χ4v) is 4.71. The molecule has 2 saturated heterocycles. The maximum Gasteiger partial charge on any atom is 0.325 e. The molecule has 2 atom stereocenters. The number of imide groups is 1. The second-order valence-electron chi connectivity index (χ2n) is 9.01. The van der Waals surface area contributed by atoms with Crippen molar-refractivity contribution < 1.29 is 23.9 Å². The van der Waals surface area contributed by atoms with E-state index in [9.17, 15) is 14.4 Å². The number of likely N-dealkylation sites (tertiary alicyclic amines) is 1. The average molecular weight is 481 g/mol. The predicted octanol–water partition coefficient (Wildman–Crippen LogP) is 2.42. The van der Waals surface area contributed by atoms with Gasteiger partial charge < -0.3 is 20.1 Å². The Balaban J connectivity index is 1.41. The van der Waals surface area contributed by atoms with Gasteiger partial charge in [0, 0.05) is 6.54 Å². The number of urea groups is 1. The van der Waals surface area contributed by atoms with Gasteiger partial charge in [-0.05, 0) is 68.2 Å². The maximum absolute atomic E-state index is 13.2. The van der Waals surface area contributed by atoms with E-state index in [2.05, 4.69) is 15.5 Å². The van der Waals surface area contributed by atoms with Crippen LogP contribution in [0.3, 0.4) is 0 Å². The Bertz CT molecular complexity index is 1070. The van der Waals surface area contributed by atoms with Gasteiger partial charge >= 0.3 is 6.03 Å². The van der Waals surface area contributed by atoms with Crippen molar-refractivity contribution in [2.75, 3.05) is 40.4 Å². The van der Waals surface area contributed by atoms with E-state index >= 15 is 0 Å². The van der Waals surface area contributed by atoms with E-state index in [1.165, 1.54) is 0 Å². The minimum Gasteiger partial charge on any atom is -0.497 e. The molecule has 2 aromatic rings. The smallest absolute Gasteiger partial charge is 0.325 e. The summed E-state index contributed by atoms with van der Waals surface area (Å²) in [5.41, 5.74) is 0.452. The zero-order chi connectivity index (χ0) is 25.0. The summed E-state index contributed by atoms with van der Waals surface area (Å²) < 4.78 is 10.4. The lowest BCUT2D eigenvalue weighted by Crippen LogP contribution is -2.45. The maximum atomic E-state index is 13.2. The fraction of sp³-hybridized carbons (Fsp3) is 0.423. The van der Waals surface area contributed by atoms with Crippen LogP contribution in [0.4, 0.5) is 4.79 Å². The summed E-state index contributed by atoms with van der Waals surface area (Å²) in [6, 6.07) is 14.2. The van der Waals surface area contributed by atoms with Crippen LogP contribution in [0.25, 0.3) is 0 Å². The predicted molar refractivity (Wildman–Crippen MR) is 130 cm³/mol. The molecule has 2 N–H and O–H groups in total. The minimum atomic E-state index is -1.25. The standard InChI is InChI=1S/C26H32N4O5/c1-26(19-8-12-21(35-3)13-9-19)24(32)30(25(33)28-26)17-23(31)27-16-22(29-14-4-5-15-29)18-6-10-20(34-2)11-7-18/h6-13,22H,4-5,14-17H2,1-3H3,(H,27,31)(H,28,33). The molecule has 2 fully saturated rings. The summed E-state index contributed by atoms with van der Waals surface area (Å²) in [4.78, 5) is 41.9. The second kappa shape index (κ2) is 10.4. The third-order valence-corrected chi connectivity index (χ3v) is 6.82. The SMILES string of the molecule is COc1ccc(C(CNC(=O)CN2C(=O)NC(C)(c3ccc(OC)cc3)C2=O)N2CCCC2)cc1. The van der Waals surface area contributed by atoms with Crippen LogP contribution in [0.5, 0.6) is 11.5 Å². The summed E-state index contributed by atoms with van der Waals surface area (Å²) in [7, 11) is 3.19. The van der Waals surface area contributed by atoms with Crippen LogP contribution in [0.15, 0.2) is 48.5 Å². The number of hydrogen-bond acceptors (Lipinski definition) is 6. The van der Waals surface area contributed by atoms with E-state index in [4.69, 9.17) is 9.47 Å². The Kier molecular flexibility index (Phi) is 7.25. The van der Waals surface area contributed by atoms with Crippen molar-refractivity contribution in [1.82, 2.24) is 20.4 Å². The lowest BCUT2D eigenvalue weighted by Gasteiger charge is -2.28. The molecule has 2 heterocycles. The molecule has 0 spiro atoms. The molecule has 35 heavy (non-hydrogen) atoms. The van der Waals surface area contributed by atoms with Crippen LogP contribution in [0.2, 0.25) is 0 Å². The fourth-order valence-electron chi connectivity index (χ4n) is 4.71. The van der Waals surface area contributed by atoms with Crippen LogP contribution in [0.1, 0.15) is 36.9 Å². The molecule has 9 heteroatoms. The zero-order valence-corrected chi connectivity index (χ0v) is 20.4. The Labute approximate surface area is 205 Å². The van der Waals surface area contributed by atoms with Gasteiger partial charge in [0.05, 0.1) is 20.3 Å². The van der Waals surface area contributed by atoms with Gasteiger partial charge in [0.25, 0.3) is 5.91 Å². The molecule has 2 aromatic carbocycles. The first kappa shape index (κ1) is 24.5.